The van der Waals surface area contributed by atoms with E-state index < -0.39 is 10.0 Å². The van der Waals surface area contributed by atoms with Gasteiger partial charge in [-0.1, -0.05) is 0 Å². The van der Waals surface area contributed by atoms with E-state index in [9.17, 15) is 13.2 Å². The average molecular weight is 391 g/mol. The van der Waals surface area contributed by atoms with Crippen molar-refractivity contribution in [2.75, 3.05) is 45.2 Å². The molecule has 0 atom stereocenters. The number of rotatable bonds is 5. The van der Waals surface area contributed by atoms with E-state index in [-0.39, 0.29) is 10.8 Å². The Morgan fingerprint density at radius 1 is 1.11 bits per heavy atom. The van der Waals surface area contributed by atoms with Crippen LogP contribution in [0.25, 0.3) is 0 Å². The van der Waals surface area contributed by atoms with Gasteiger partial charge in [0.2, 0.25) is 16.0 Å². The van der Waals surface area contributed by atoms with E-state index >= 15 is 0 Å². The van der Waals surface area contributed by atoms with Gasteiger partial charge in [0.05, 0.1) is 4.90 Å². The van der Waals surface area contributed by atoms with Crippen molar-refractivity contribution >= 4 is 21.9 Å². The quantitative estimate of drug-likeness (QED) is 0.763. The van der Waals surface area contributed by atoms with Crippen molar-refractivity contribution in [3.63, 3.8) is 0 Å². The van der Waals surface area contributed by atoms with Crippen LogP contribution in [0, 0.1) is 0 Å². The summed E-state index contributed by atoms with van der Waals surface area (Å²) in [6, 6.07) is 6.12. The lowest BCUT2D eigenvalue weighted by Gasteiger charge is -2.35. The molecule has 1 aliphatic heterocycles. The second-order valence-corrected chi connectivity index (χ2v) is 8.76. The van der Waals surface area contributed by atoms with E-state index in [4.69, 9.17) is 0 Å². The zero-order chi connectivity index (χ0) is 19.6. The topological polar surface area (TPSA) is 78.8 Å². The number of aryl methyl sites for hydroxylation is 1. The van der Waals surface area contributed by atoms with Crippen molar-refractivity contribution < 1.29 is 13.2 Å². The molecule has 0 unspecified atom stereocenters. The number of aromatic nitrogens is 2. The van der Waals surface area contributed by atoms with E-state index in [1.807, 2.05) is 6.20 Å². The lowest BCUT2D eigenvalue weighted by atomic mass is 10.2. The highest BCUT2D eigenvalue weighted by Crippen LogP contribution is 2.18. The minimum absolute atomic E-state index is 0.0812. The summed E-state index contributed by atoms with van der Waals surface area (Å²) in [7, 11) is -0.523. The van der Waals surface area contributed by atoms with Gasteiger partial charge in [0.1, 0.15) is 0 Å². The number of nitrogens with zero attached hydrogens (tertiary/aromatic N) is 5. The van der Waals surface area contributed by atoms with Crippen molar-refractivity contribution in [1.82, 2.24) is 18.8 Å². The molecule has 1 saturated heterocycles. The Balaban J connectivity index is 1.66. The second kappa shape index (κ2) is 7.69. The smallest absolute Gasteiger partial charge is 0.253 e. The number of sulfonamides is 1. The molecule has 146 valence electrons. The molecule has 9 heteroatoms. The molecular weight excluding hydrogens is 366 g/mol. The summed E-state index contributed by atoms with van der Waals surface area (Å²) in [4.78, 5) is 21.3. The summed E-state index contributed by atoms with van der Waals surface area (Å²) >= 11 is 0. The maximum Gasteiger partial charge on any atom is 0.253 e. The number of benzene rings is 1. The van der Waals surface area contributed by atoms with Gasteiger partial charge in [-0.25, -0.2) is 17.7 Å². The van der Waals surface area contributed by atoms with Crippen molar-refractivity contribution in [1.29, 1.82) is 0 Å². The Labute approximate surface area is 160 Å². The fraction of sp³-hybridized carbons (Fsp3) is 0.444. The highest BCUT2D eigenvalue weighted by Gasteiger charge is 2.25. The Bertz CT molecular complexity index is 897. The van der Waals surface area contributed by atoms with Gasteiger partial charge in [-0.15, -0.1) is 0 Å². The van der Waals surface area contributed by atoms with Crippen molar-refractivity contribution in [3.05, 3.63) is 42.2 Å². The summed E-state index contributed by atoms with van der Waals surface area (Å²) in [6.07, 6.45) is 3.75. The predicted molar refractivity (Wildman–Crippen MR) is 103 cm³/mol. The molecule has 27 heavy (non-hydrogen) atoms. The number of carbonyl (C=O) groups excluding carboxylic acids is 1. The standard InChI is InChI=1S/C18H25N5O3S/c1-4-21-10-9-19-18(21)23-13-11-22(12-14-23)17(24)15-5-7-16(8-6-15)27(25,26)20(2)3/h5-10H,4,11-14H2,1-3H3. The predicted octanol–water partition coefficient (Wildman–Crippen LogP) is 1.12. The van der Waals surface area contributed by atoms with Crippen LogP contribution < -0.4 is 4.90 Å². The van der Waals surface area contributed by atoms with E-state index in [0.717, 1.165) is 29.9 Å². The SMILES string of the molecule is CCn1ccnc1N1CCN(C(=O)c2ccc(S(=O)(=O)N(C)C)cc2)CC1. The number of hydrogen-bond acceptors (Lipinski definition) is 5. The van der Waals surface area contributed by atoms with Crippen molar-refractivity contribution in [2.45, 2.75) is 18.4 Å². The maximum absolute atomic E-state index is 12.7. The number of carbonyl (C=O) groups is 1. The molecule has 2 aromatic rings. The van der Waals surface area contributed by atoms with E-state index in [1.54, 1.807) is 23.2 Å². The molecule has 0 radical (unpaired) electrons. The zero-order valence-electron chi connectivity index (χ0n) is 15.9. The molecule has 0 aliphatic carbocycles. The van der Waals surface area contributed by atoms with E-state index in [2.05, 4.69) is 21.4 Å². The Morgan fingerprint density at radius 3 is 2.30 bits per heavy atom. The molecule has 1 aromatic carbocycles. The molecule has 1 aliphatic rings. The van der Waals surface area contributed by atoms with Crippen LogP contribution >= 0.6 is 0 Å². The third-order valence-electron chi connectivity index (χ3n) is 4.76. The third kappa shape index (κ3) is 3.84. The first-order valence-electron chi connectivity index (χ1n) is 8.92. The Kier molecular flexibility index (Phi) is 5.52. The molecule has 0 N–H and O–H groups in total. The minimum atomic E-state index is -3.49. The number of hydrogen-bond donors (Lipinski definition) is 0. The molecular formula is C18H25N5O3S. The van der Waals surface area contributed by atoms with Crippen LogP contribution in [0.4, 0.5) is 5.95 Å². The summed E-state index contributed by atoms with van der Waals surface area (Å²) < 4.78 is 27.5. The summed E-state index contributed by atoms with van der Waals surface area (Å²) in [5, 5.41) is 0. The van der Waals surface area contributed by atoms with Gasteiger partial charge in [0.15, 0.2) is 0 Å². The van der Waals surface area contributed by atoms with Gasteiger partial charge in [-0.2, -0.15) is 0 Å². The summed E-state index contributed by atoms with van der Waals surface area (Å²) in [6.45, 7) is 5.58. The Morgan fingerprint density at radius 2 is 1.74 bits per heavy atom. The third-order valence-corrected chi connectivity index (χ3v) is 6.59. The summed E-state index contributed by atoms with van der Waals surface area (Å²) in [5.41, 5.74) is 0.496. The minimum Gasteiger partial charge on any atom is -0.339 e. The van der Waals surface area contributed by atoms with Crippen LogP contribution in [0.15, 0.2) is 41.6 Å². The van der Waals surface area contributed by atoms with Crippen LogP contribution in [0.5, 0.6) is 0 Å². The average Bonchev–Trinajstić information content (AvgIpc) is 3.16. The molecule has 1 fully saturated rings. The van der Waals surface area contributed by atoms with Crippen molar-refractivity contribution in [2.24, 2.45) is 0 Å². The van der Waals surface area contributed by atoms with E-state index in [0.29, 0.717) is 18.7 Å². The molecule has 1 aromatic heterocycles. The van der Waals surface area contributed by atoms with Gasteiger partial charge in [-0.3, -0.25) is 4.79 Å². The van der Waals surface area contributed by atoms with E-state index in [1.165, 1.54) is 26.2 Å². The maximum atomic E-state index is 12.7. The second-order valence-electron chi connectivity index (χ2n) is 6.60. The molecule has 0 bridgehead atoms. The van der Waals surface area contributed by atoms with Crippen LogP contribution in [0.2, 0.25) is 0 Å². The fourth-order valence-corrected chi connectivity index (χ4v) is 4.01. The summed E-state index contributed by atoms with van der Waals surface area (Å²) in [5.74, 6) is 0.852. The van der Waals surface area contributed by atoms with Gasteiger partial charge >= 0.3 is 0 Å². The monoisotopic (exact) mass is 391 g/mol. The van der Waals surface area contributed by atoms with Crippen LogP contribution in [-0.4, -0.2) is 73.4 Å². The number of amides is 1. The van der Waals surface area contributed by atoms with Gasteiger partial charge in [-0.05, 0) is 31.2 Å². The van der Waals surface area contributed by atoms with Gasteiger partial charge < -0.3 is 14.4 Å². The molecule has 0 saturated carbocycles. The first-order chi connectivity index (χ1) is 12.8. The molecule has 1 amide bonds. The Hall–Kier alpha value is -2.39. The largest absolute Gasteiger partial charge is 0.339 e. The van der Waals surface area contributed by atoms with Gasteiger partial charge in [0.25, 0.3) is 5.91 Å². The van der Waals surface area contributed by atoms with Crippen LogP contribution in [0.1, 0.15) is 17.3 Å². The molecule has 8 nitrogen and oxygen atoms in total. The highest BCUT2D eigenvalue weighted by atomic mass is 32.2. The zero-order valence-corrected chi connectivity index (χ0v) is 16.7. The number of imidazole rings is 1. The lowest BCUT2D eigenvalue weighted by molar-refractivity contribution is 0.0746. The first-order valence-corrected chi connectivity index (χ1v) is 10.4. The lowest BCUT2D eigenvalue weighted by Crippen LogP contribution is -2.49. The first kappa shape index (κ1) is 19.4. The number of piperazine rings is 1. The van der Waals surface area contributed by atoms with Crippen LogP contribution in [0.3, 0.4) is 0 Å². The highest BCUT2D eigenvalue weighted by molar-refractivity contribution is 7.89. The van der Waals surface area contributed by atoms with Crippen molar-refractivity contribution in [3.8, 4) is 0 Å². The molecule has 2 heterocycles. The van der Waals surface area contributed by atoms with Crippen LogP contribution in [-0.2, 0) is 16.6 Å². The molecule has 3 rings (SSSR count). The number of anilines is 1. The molecule has 0 spiro atoms. The van der Waals surface area contributed by atoms with Gasteiger partial charge in [0, 0.05) is 64.8 Å². The fourth-order valence-electron chi connectivity index (χ4n) is 3.10. The normalized spacial score (nSPS) is 15.4.